The van der Waals surface area contributed by atoms with Gasteiger partial charge < -0.3 is 20.5 Å². The molecule has 1 aliphatic rings. The van der Waals surface area contributed by atoms with E-state index in [1.807, 2.05) is 60.7 Å². The van der Waals surface area contributed by atoms with Gasteiger partial charge >= 0.3 is 6.09 Å². The number of carbonyl (C=O) groups is 1. The van der Waals surface area contributed by atoms with E-state index in [-0.39, 0.29) is 37.4 Å². The van der Waals surface area contributed by atoms with Gasteiger partial charge in [-0.1, -0.05) is 60.7 Å². The van der Waals surface area contributed by atoms with E-state index in [9.17, 15) is 9.90 Å². The maximum absolute atomic E-state index is 11.8. The minimum atomic E-state index is -0.380. The van der Waals surface area contributed by atoms with Crippen molar-refractivity contribution in [3.63, 3.8) is 0 Å². The van der Waals surface area contributed by atoms with Gasteiger partial charge in [-0.2, -0.15) is 0 Å². The first-order chi connectivity index (χ1) is 12.2. The number of hydrogen-bond donors (Lipinski definition) is 3. The molecular formula is C20H24N2O3. The van der Waals surface area contributed by atoms with Crippen molar-refractivity contribution in [1.82, 2.24) is 10.6 Å². The Labute approximate surface area is 148 Å². The lowest BCUT2D eigenvalue weighted by atomic mass is 9.86. The Hall–Kier alpha value is -2.37. The third-order valence-electron chi connectivity index (χ3n) is 4.49. The van der Waals surface area contributed by atoms with Crippen LogP contribution in [-0.2, 0) is 11.3 Å². The maximum Gasteiger partial charge on any atom is 0.407 e. The molecule has 3 N–H and O–H groups in total. The van der Waals surface area contributed by atoms with Gasteiger partial charge in [-0.25, -0.2) is 4.79 Å². The Kier molecular flexibility index (Phi) is 6.04. The standard InChI is InChI=1S/C20H24N2O3/c23-13-19(16-9-5-2-6-10-16)21-17-11-18(12-17)22-20(24)25-14-15-7-3-1-4-8-15/h1-10,17-19,21,23H,11-14H2,(H,22,24). The van der Waals surface area contributed by atoms with Crippen molar-refractivity contribution in [3.05, 3.63) is 71.8 Å². The number of hydrogen-bond acceptors (Lipinski definition) is 4. The monoisotopic (exact) mass is 340 g/mol. The number of benzene rings is 2. The topological polar surface area (TPSA) is 70.6 Å². The number of aliphatic hydroxyl groups is 1. The Morgan fingerprint density at radius 1 is 1.04 bits per heavy atom. The molecule has 1 saturated carbocycles. The van der Waals surface area contributed by atoms with Gasteiger partial charge in [-0.15, -0.1) is 0 Å². The molecule has 1 aliphatic carbocycles. The summed E-state index contributed by atoms with van der Waals surface area (Å²) in [5, 5.41) is 15.9. The maximum atomic E-state index is 11.8. The van der Waals surface area contributed by atoms with Crippen molar-refractivity contribution in [2.45, 2.75) is 37.6 Å². The second kappa shape index (κ2) is 8.65. The van der Waals surface area contributed by atoms with Crippen LogP contribution in [-0.4, -0.2) is 29.9 Å². The summed E-state index contributed by atoms with van der Waals surface area (Å²) in [7, 11) is 0. The third-order valence-corrected chi connectivity index (χ3v) is 4.49. The molecule has 5 nitrogen and oxygen atoms in total. The summed E-state index contributed by atoms with van der Waals surface area (Å²) in [5.74, 6) is 0. The molecule has 3 rings (SSSR count). The number of rotatable bonds is 7. The lowest BCUT2D eigenvalue weighted by Crippen LogP contribution is -2.53. The van der Waals surface area contributed by atoms with Crippen molar-refractivity contribution in [2.75, 3.05) is 6.61 Å². The first-order valence-electron chi connectivity index (χ1n) is 8.63. The summed E-state index contributed by atoms with van der Waals surface area (Å²) in [6.07, 6.45) is 1.29. The molecule has 1 fully saturated rings. The molecular weight excluding hydrogens is 316 g/mol. The first-order valence-corrected chi connectivity index (χ1v) is 8.63. The number of ether oxygens (including phenoxy) is 1. The zero-order valence-corrected chi connectivity index (χ0v) is 14.1. The van der Waals surface area contributed by atoms with E-state index in [4.69, 9.17) is 4.74 Å². The zero-order valence-electron chi connectivity index (χ0n) is 14.1. The first kappa shape index (κ1) is 17.5. The lowest BCUT2D eigenvalue weighted by Gasteiger charge is -2.38. The Morgan fingerprint density at radius 2 is 1.68 bits per heavy atom. The average molecular weight is 340 g/mol. The van der Waals surface area contributed by atoms with Crippen LogP contribution in [0.2, 0.25) is 0 Å². The Morgan fingerprint density at radius 3 is 2.32 bits per heavy atom. The van der Waals surface area contributed by atoms with Crippen molar-refractivity contribution in [2.24, 2.45) is 0 Å². The Balaban J connectivity index is 1.37. The van der Waals surface area contributed by atoms with Crippen LogP contribution in [0.15, 0.2) is 60.7 Å². The molecule has 5 heteroatoms. The molecule has 0 heterocycles. The predicted octanol–water partition coefficient (Wildman–Crippen LogP) is 2.77. The van der Waals surface area contributed by atoms with E-state index in [1.54, 1.807) is 0 Å². The van der Waals surface area contributed by atoms with Gasteiger partial charge in [0.05, 0.1) is 12.6 Å². The lowest BCUT2D eigenvalue weighted by molar-refractivity contribution is 0.122. The summed E-state index contributed by atoms with van der Waals surface area (Å²) in [5.41, 5.74) is 2.04. The quantitative estimate of drug-likeness (QED) is 0.725. The third kappa shape index (κ3) is 5.05. The van der Waals surface area contributed by atoms with Gasteiger partial charge in [-0.3, -0.25) is 0 Å². The van der Waals surface area contributed by atoms with Crippen LogP contribution < -0.4 is 10.6 Å². The molecule has 132 valence electrons. The van der Waals surface area contributed by atoms with E-state index >= 15 is 0 Å². The number of aliphatic hydroxyl groups excluding tert-OH is 1. The van der Waals surface area contributed by atoms with Crippen molar-refractivity contribution < 1.29 is 14.6 Å². The van der Waals surface area contributed by atoms with Crippen molar-refractivity contribution in [3.8, 4) is 0 Å². The molecule has 25 heavy (non-hydrogen) atoms. The van der Waals surface area contributed by atoms with Crippen LogP contribution in [0.5, 0.6) is 0 Å². The minimum absolute atomic E-state index is 0.0533. The van der Waals surface area contributed by atoms with Crippen LogP contribution in [0.3, 0.4) is 0 Å². The SMILES string of the molecule is O=C(NC1CC(NC(CO)c2ccccc2)C1)OCc1ccccc1. The molecule has 1 amide bonds. The van der Waals surface area contributed by atoms with E-state index in [0.717, 1.165) is 24.0 Å². The second-order valence-corrected chi connectivity index (χ2v) is 6.38. The fraction of sp³-hybridized carbons (Fsp3) is 0.350. The zero-order chi connectivity index (χ0) is 17.5. The molecule has 2 aromatic rings. The summed E-state index contributed by atoms with van der Waals surface area (Å²) in [6.45, 7) is 0.333. The van der Waals surface area contributed by atoms with Crippen LogP contribution in [0, 0.1) is 0 Å². The van der Waals surface area contributed by atoms with Gasteiger partial charge in [0.1, 0.15) is 6.61 Å². The van der Waals surface area contributed by atoms with E-state index in [2.05, 4.69) is 10.6 Å². The molecule has 0 aromatic heterocycles. The highest BCUT2D eigenvalue weighted by Gasteiger charge is 2.32. The van der Waals surface area contributed by atoms with Crippen LogP contribution in [0.25, 0.3) is 0 Å². The normalized spacial score (nSPS) is 20.4. The summed E-state index contributed by atoms with van der Waals surface area (Å²) in [6, 6.07) is 19.9. The van der Waals surface area contributed by atoms with Gasteiger partial charge in [0.2, 0.25) is 0 Å². The van der Waals surface area contributed by atoms with Crippen molar-refractivity contribution in [1.29, 1.82) is 0 Å². The highest BCUT2D eigenvalue weighted by molar-refractivity contribution is 5.67. The molecule has 0 saturated heterocycles. The molecule has 1 unspecified atom stereocenters. The number of amides is 1. The Bertz CT molecular complexity index is 657. The molecule has 0 aliphatic heterocycles. The summed E-state index contributed by atoms with van der Waals surface area (Å²) >= 11 is 0. The number of carbonyl (C=O) groups excluding carboxylic acids is 1. The largest absolute Gasteiger partial charge is 0.445 e. The van der Waals surface area contributed by atoms with Crippen LogP contribution in [0.4, 0.5) is 4.79 Å². The van der Waals surface area contributed by atoms with Crippen LogP contribution >= 0.6 is 0 Å². The van der Waals surface area contributed by atoms with E-state index in [0.29, 0.717) is 0 Å². The van der Waals surface area contributed by atoms with E-state index in [1.165, 1.54) is 0 Å². The van der Waals surface area contributed by atoms with Gasteiger partial charge in [0.15, 0.2) is 0 Å². The van der Waals surface area contributed by atoms with Gasteiger partial charge in [0, 0.05) is 12.1 Å². The summed E-state index contributed by atoms with van der Waals surface area (Å²) < 4.78 is 5.23. The molecule has 0 radical (unpaired) electrons. The minimum Gasteiger partial charge on any atom is -0.445 e. The molecule has 2 aromatic carbocycles. The molecule has 1 atom stereocenters. The summed E-state index contributed by atoms with van der Waals surface area (Å²) in [4.78, 5) is 11.8. The van der Waals surface area contributed by atoms with Gasteiger partial charge in [-0.05, 0) is 24.0 Å². The predicted molar refractivity (Wildman–Crippen MR) is 96.0 cm³/mol. The van der Waals surface area contributed by atoms with Crippen LogP contribution in [0.1, 0.15) is 30.0 Å². The number of nitrogens with one attached hydrogen (secondary N) is 2. The fourth-order valence-corrected chi connectivity index (χ4v) is 3.03. The average Bonchev–Trinajstić information content (AvgIpc) is 2.63. The fourth-order valence-electron chi connectivity index (χ4n) is 3.03. The molecule has 0 spiro atoms. The van der Waals surface area contributed by atoms with E-state index < -0.39 is 0 Å². The van der Waals surface area contributed by atoms with Gasteiger partial charge in [0.25, 0.3) is 0 Å². The smallest absolute Gasteiger partial charge is 0.407 e. The number of alkyl carbamates (subject to hydrolysis) is 1. The molecule has 0 bridgehead atoms. The second-order valence-electron chi connectivity index (χ2n) is 6.38. The van der Waals surface area contributed by atoms with Crippen molar-refractivity contribution >= 4 is 6.09 Å². The highest BCUT2D eigenvalue weighted by atomic mass is 16.5. The highest BCUT2D eigenvalue weighted by Crippen LogP contribution is 2.24.